The summed E-state index contributed by atoms with van der Waals surface area (Å²) in [6, 6.07) is 11.9. The predicted octanol–water partition coefficient (Wildman–Crippen LogP) is 3.41. The average molecular weight is 387 g/mol. The molecule has 2 fully saturated rings. The molecule has 1 aliphatic carbocycles. The molecule has 28 heavy (non-hydrogen) atoms. The summed E-state index contributed by atoms with van der Waals surface area (Å²) in [5.74, 6) is 0.955. The average Bonchev–Trinajstić information content (AvgIpc) is 3.48. The zero-order valence-electron chi connectivity index (χ0n) is 17.9. The first-order valence-electron chi connectivity index (χ1n) is 11.0. The molecule has 5 nitrogen and oxygen atoms in total. The van der Waals surface area contributed by atoms with Gasteiger partial charge in [-0.05, 0) is 56.9 Å². The van der Waals surface area contributed by atoms with Gasteiger partial charge in [0, 0.05) is 52.0 Å². The molecule has 0 amide bonds. The van der Waals surface area contributed by atoms with Crippen molar-refractivity contribution in [2.24, 2.45) is 10.4 Å². The highest BCUT2D eigenvalue weighted by Crippen LogP contribution is 2.48. The zero-order chi connectivity index (χ0) is 19.8. The molecule has 1 heterocycles. The van der Waals surface area contributed by atoms with E-state index in [-0.39, 0.29) is 0 Å². The van der Waals surface area contributed by atoms with Gasteiger partial charge in [0.15, 0.2) is 5.96 Å². The second-order valence-electron chi connectivity index (χ2n) is 8.54. The number of piperidine rings is 1. The molecule has 5 heteroatoms. The van der Waals surface area contributed by atoms with Crippen molar-refractivity contribution < 1.29 is 4.74 Å². The maximum Gasteiger partial charge on any atom is 0.191 e. The molecule has 1 aromatic rings. The third-order valence-corrected chi connectivity index (χ3v) is 6.38. The summed E-state index contributed by atoms with van der Waals surface area (Å²) in [6.07, 6.45) is 6.08. The lowest BCUT2D eigenvalue weighted by Gasteiger charge is -2.38. The van der Waals surface area contributed by atoms with E-state index in [1.807, 2.05) is 7.05 Å². The second kappa shape index (κ2) is 10.3. The van der Waals surface area contributed by atoms with Crippen LogP contribution in [0.15, 0.2) is 35.3 Å². The Morgan fingerprint density at radius 1 is 1.29 bits per heavy atom. The lowest BCUT2D eigenvalue weighted by atomic mass is 9.97. The minimum atomic E-state index is 0.430. The second-order valence-corrected chi connectivity index (χ2v) is 8.54. The van der Waals surface area contributed by atoms with Crippen molar-refractivity contribution in [3.63, 3.8) is 0 Å². The molecular formula is C23H38N4O. The number of guanidine groups is 1. The van der Waals surface area contributed by atoms with E-state index >= 15 is 0 Å². The fourth-order valence-electron chi connectivity index (χ4n) is 4.19. The summed E-state index contributed by atoms with van der Waals surface area (Å²) in [7, 11) is 1.88. The van der Waals surface area contributed by atoms with Crippen LogP contribution in [0, 0.1) is 5.41 Å². The van der Waals surface area contributed by atoms with Gasteiger partial charge in [0.2, 0.25) is 0 Å². The standard InChI is InChI=1S/C23H38N4O/c1-4-28-15-13-23(11-12-23)18-25-22(24-3)26-21-10-14-27(19(2)16-21)17-20-8-6-5-7-9-20/h5-9,19,21H,4,10-18H2,1-3H3,(H2,24,25,26). The van der Waals surface area contributed by atoms with Crippen molar-refractivity contribution in [1.29, 1.82) is 0 Å². The fraction of sp³-hybridized carbons (Fsp3) is 0.696. The molecule has 0 radical (unpaired) electrons. The quantitative estimate of drug-likeness (QED) is 0.388. The number of nitrogens with one attached hydrogen (secondary N) is 2. The van der Waals surface area contributed by atoms with Gasteiger partial charge in [0.05, 0.1) is 0 Å². The van der Waals surface area contributed by atoms with E-state index in [2.05, 4.69) is 64.7 Å². The molecule has 156 valence electrons. The number of rotatable bonds is 9. The Labute approximate surface area is 170 Å². The molecule has 2 N–H and O–H groups in total. The van der Waals surface area contributed by atoms with Crippen LogP contribution in [0.3, 0.4) is 0 Å². The Balaban J connectivity index is 1.41. The van der Waals surface area contributed by atoms with Crippen LogP contribution in [0.5, 0.6) is 0 Å². The minimum Gasteiger partial charge on any atom is -0.382 e. The summed E-state index contributed by atoms with van der Waals surface area (Å²) >= 11 is 0. The van der Waals surface area contributed by atoms with Gasteiger partial charge in [-0.1, -0.05) is 30.3 Å². The van der Waals surface area contributed by atoms with E-state index in [1.54, 1.807) is 0 Å². The van der Waals surface area contributed by atoms with Gasteiger partial charge in [0.25, 0.3) is 0 Å². The van der Waals surface area contributed by atoms with Crippen molar-refractivity contribution in [1.82, 2.24) is 15.5 Å². The van der Waals surface area contributed by atoms with Gasteiger partial charge in [-0.3, -0.25) is 9.89 Å². The van der Waals surface area contributed by atoms with Gasteiger partial charge < -0.3 is 15.4 Å². The van der Waals surface area contributed by atoms with Crippen LogP contribution in [-0.4, -0.2) is 56.3 Å². The number of hydrogen-bond donors (Lipinski definition) is 2. The van der Waals surface area contributed by atoms with Crippen molar-refractivity contribution in [3.8, 4) is 0 Å². The first-order chi connectivity index (χ1) is 13.6. The molecule has 2 unspecified atom stereocenters. The van der Waals surface area contributed by atoms with E-state index < -0.39 is 0 Å². The molecule has 2 atom stereocenters. The number of benzene rings is 1. The molecular weight excluding hydrogens is 348 g/mol. The molecule has 0 bridgehead atoms. The van der Waals surface area contributed by atoms with E-state index in [9.17, 15) is 0 Å². The van der Waals surface area contributed by atoms with Crippen LogP contribution < -0.4 is 10.6 Å². The number of likely N-dealkylation sites (tertiary alicyclic amines) is 1. The van der Waals surface area contributed by atoms with Gasteiger partial charge in [-0.15, -0.1) is 0 Å². The summed E-state index contributed by atoms with van der Waals surface area (Å²) in [5, 5.41) is 7.25. The van der Waals surface area contributed by atoms with Crippen LogP contribution in [-0.2, 0) is 11.3 Å². The van der Waals surface area contributed by atoms with Crippen molar-refractivity contribution in [2.45, 2.75) is 64.6 Å². The molecule has 1 saturated heterocycles. The van der Waals surface area contributed by atoms with E-state index in [1.165, 1.54) is 18.4 Å². The molecule has 0 aromatic heterocycles. The maximum atomic E-state index is 5.55. The highest BCUT2D eigenvalue weighted by molar-refractivity contribution is 5.80. The molecule has 2 aliphatic rings. The number of hydrogen-bond acceptors (Lipinski definition) is 3. The smallest absolute Gasteiger partial charge is 0.191 e. The largest absolute Gasteiger partial charge is 0.382 e. The third kappa shape index (κ3) is 6.21. The Kier molecular flexibility index (Phi) is 7.74. The monoisotopic (exact) mass is 386 g/mol. The highest BCUT2D eigenvalue weighted by Gasteiger charge is 2.42. The molecule has 1 aromatic carbocycles. The predicted molar refractivity (Wildman–Crippen MR) is 117 cm³/mol. The van der Waals surface area contributed by atoms with E-state index in [4.69, 9.17) is 4.74 Å². The Hall–Kier alpha value is -1.59. The van der Waals surface area contributed by atoms with Crippen molar-refractivity contribution in [3.05, 3.63) is 35.9 Å². The van der Waals surface area contributed by atoms with E-state index in [0.29, 0.717) is 17.5 Å². The number of aliphatic imine (C=N–C) groups is 1. The normalized spacial score (nSPS) is 24.8. The van der Waals surface area contributed by atoms with Gasteiger partial charge in [-0.25, -0.2) is 0 Å². The summed E-state index contributed by atoms with van der Waals surface area (Å²) in [6.45, 7) is 9.28. The van der Waals surface area contributed by atoms with Crippen LogP contribution in [0.4, 0.5) is 0 Å². The Morgan fingerprint density at radius 2 is 2.07 bits per heavy atom. The van der Waals surface area contributed by atoms with Gasteiger partial charge in [-0.2, -0.15) is 0 Å². The lowest BCUT2D eigenvalue weighted by molar-refractivity contribution is 0.128. The van der Waals surface area contributed by atoms with Crippen molar-refractivity contribution in [2.75, 3.05) is 33.4 Å². The zero-order valence-corrected chi connectivity index (χ0v) is 17.9. The number of ether oxygens (including phenoxy) is 1. The van der Waals surface area contributed by atoms with Crippen LogP contribution in [0.25, 0.3) is 0 Å². The Bertz CT molecular complexity index is 614. The molecule has 0 spiro atoms. The summed E-state index contributed by atoms with van der Waals surface area (Å²) < 4.78 is 5.55. The van der Waals surface area contributed by atoms with Gasteiger partial charge >= 0.3 is 0 Å². The summed E-state index contributed by atoms with van der Waals surface area (Å²) in [4.78, 5) is 7.06. The van der Waals surface area contributed by atoms with Gasteiger partial charge in [0.1, 0.15) is 0 Å². The highest BCUT2D eigenvalue weighted by atomic mass is 16.5. The molecule has 1 aliphatic heterocycles. The van der Waals surface area contributed by atoms with Crippen LogP contribution >= 0.6 is 0 Å². The molecule has 3 rings (SSSR count). The topological polar surface area (TPSA) is 48.9 Å². The first-order valence-corrected chi connectivity index (χ1v) is 11.0. The lowest BCUT2D eigenvalue weighted by Crippen LogP contribution is -2.51. The van der Waals surface area contributed by atoms with Crippen LogP contribution in [0.1, 0.15) is 51.5 Å². The fourth-order valence-corrected chi connectivity index (χ4v) is 4.19. The maximum absolute atomic E-state index is 5.55. The minimum absolute atomic E-state index is 0.430. The third-order valence-electron chi connectivity index (χ3n) is 6.38. The van der Waals surface area contributed by atoms with Crippen LogP contribution in [0.2, 0.25) is 0 Å². The summed E-state index contributed by atoms with van der Waals surface area (Å²) in [5.41, 5.74) is 1.83. The number of nitrogens with zero attached hydrogens (tertiary/aromatic N) is 2. The van der Waals surface area contributed by atoms with Crippen molar-refractivity contribution >= 4 is 5.96 Å². The first kappa shape index (κ1) is 21.1. The Morgan fingerprint density at radius 3 is 2.71 bits per heavy atom. The molecule has 1 saturated carbocycles. The van der Waals surface area contributed by atoms with E-state index in [0.717, 1.165) is 58.1 Å². The SMILES string of the molecule is CCOCCC1(CNC(=NC)NC2CCN(Cc3ccccc3)C(C)C2)CC1.